The molecule has 4 nitrogen and oxygen atoms in total. The van der Waals surface area contributed by atoms with Crippen LogP contribution in [0.3, 0.4) is 0 Å². The van der Waals surface area contributed by atoms with Gasteiger partial charge in [-0.1, -0.05) is 30.3 Å². The lowest BCUT2D eigenvalue weighted by Gasteiger charge is -2.22. The molecule has 4 heteroatoms. The van der Waals surface area contributed by atoms with Gasteiger partial charge in [0.2, 0.25) is 5.91 Å². The van der Waals surface area contributed by atoms with Crippen LogP contribution in [0.2, 0.25) is 0 Å². The lowest BCUT2D eigenvalue weighted by Crippen LogP contribution is -2.39. The third kappa shape index (κ3) is 3.44. The average Bonchev–Trinajstić information content (AvgIpc) is 3.08. The first kappa shape index (κ1) is 14.5. The number of likely N-dealkylation sites (N-methyl/N-ethyl adjacent to an activating group) is 1. The summed E-state index contributed by atoms with van der Waals surface area (Å²) in [4.78, 5) is 16.3. The number of benzene rings is 1. The molecule has 3 rings (SSSR count). The SMILES string of the molecule is CN1CC[C@@H](N2CC[C@@H](COCc3ccccc3)C2)C1=O. The van der Waals surface area contributed by atoms with Crippen LogP contribution >= 0.6 is 0 Å². The van der Waals surface area contributed by atoms with Crippen molar-refractivity contribution < 1.29 is 9.53 Å². The van der Waals surface area contributed by atoms with Crippen LogP contribution in [-0.4, -0.2) is 55.0 Å². The van der Waals surface area contributed by atoms with Crippen molar-refractivity contribution >= 4 is 5.91 Å². The summed E-state index contributed by atoms with van der Waals surface area (Å²) in [7, 11) is 1.90. The van der Waals surface area contributed by atoms with E-state index >= 15 is 0 Å². The van der Waals surface area contributed by atoms with E-state index in [1.54, 1.807) is 0 Å². The molecule has 1 aromatic carbocycles. The van der Waals surface area contributed by atoms with Crippen LogP contribution in [0, 0.1) is 5.92 Å². The Morgan fingerprint density at radius 3 is 2.71 bits per heavy atom. The first-order chi connectivity index (χ1) is 10.2. The van der Waals surface area contributed by atoms with Crippen molar-refractivity contribution in [2.24, 2.45) is 5.92 Å². The second-order valence-electron chi connectivity index (χ2n) is 6.21. The van der Waals surface area contributed by atoms with E-state index in [1.807, 2.05) is 30.1 Å². The summed E-state index contributed by atoms with van der Waals surface area (Å²) in [6.07, 6.45) is 2.12. The fourth-order valence-electron chi connectivity index (χ4n) is 3.34. The predicted molar refractivity (Wildman–Crippen MR) is 81.8 cm³/mol. The van der Waals surface area contributed by atoms with E-state index in [4.69, 9.17) is 4.74 Å². The Kier molecular flexibility index (Phi) is 4.56. The molecule has 1 amide bonds. The maximum Gasteiger partial charge on any atom is 0.239 e. The summed E-state index contributed by atoms with van der Waals surface area (Å²) in [5, 5.41) is 0. The summed E-state index contributed by atoms with van der Waals surface area (Å²) >= 11 is 0. The van der Waals surface area contributed by atoms with Gasteiger partial charge in [-0.3, -0.25) is 9.69 Å². The zero-order valence-corrected chi connectivity index (χ0v) is 12.7. The summed E-state index contributed by atoms with van der Waals surface area (Å²) in [6.45, 7) is 4.41. The highest BCUT2D eigenvalue weighted by atomic mass is 16.5. The van der Waals surface area contributed by atoms with Gasteiger partial charge in [0.25, 0.3) is 0 Å². The molecule has 0 radical (unpaired) electrons. The zero-order valence-electron chi connectivity index (χ0n) is 12.7. The van der Waals surface area contributed by atoms with E-state index < -0.39 is 0 Å². The number of hydrogen-bond acceptors (Lipinski definition) is 3. The number of hydrogen-bond donors (Lipinski definition) is 0. The van der Waals surface area contributed by atoms with Crippen molar-refractivity contribution in [2.45, 2.75) is 25.5 Å². The number of amides is 1. The Balaban J connectivity index is 1.42. The van der Waals surface area contributed by atoms with E-state index in [-0.39, 0.29) is 6.04 Å². The van der Waals surface area contributed by atoms with Gasteiger partial charge in [-0.25, -0.2) is 0 Å². The highest BCUT2D eigenvalue weighted by Gasteiger charge is 2.37. The van der Waals surface area contributed by atoms with Crippen LogP contribution < -0.4 is 0 Å². The van der Waals surface area contributed by atoms with Crippen molar-refractivity contribution in [3.63, 3.8) is 0 Å². The molecule has 2 fully saturated rings. The molecule has 1 aromatic rings. The second-order valence-corrected chi connectivity index (χ2v) is 6.21. The Bertz CT molecular complexity index is 477. The molecular formula is C17H24N2O2. The summed E-state index contributed by atoms with van der Waals surface area (Å²) in [5.74, 6) is 0.855. The molecule has 0 spiro atoms. The van der Waals surface area contributed by atoms with E-state index in [2.05, 4.69) is 17.0 Å². The van der Waals surface area contributed by atoms with Crippen molar-refractivity contribution in [1.82, 2.24) is 9.80 Å². The predicted octanol–water partition coefficient (Wildman–Crippen LogP) is 1.76. The largest absolute Gasteiger partial charge is 0.376 e. The van der Waals surface area contributed by atoms with Crippen molar-refractivity contribution in [2.75, 3.05) is 33.3 Å². The fraction of sp³-hybridized carbons (Fsp3) is 0.588. The Morgan fingerprint density at radius 2 is 2.00 bits per heavy atom. The quantitative estimate of drug-likeness (QED) is 0.827. The summed E-state index contributed by atoms with van der Waals surface area (Å²) < 4.78 is 5.84. The molecule has 114 valence electrons. The van der Waals surface area contributed by atoms with Crippen LogP contribution in [0.15, 0.2) is 30.3 Å². The molecule has 2 aliphatic rings. The minimum Gasteiger partial charge on any atom is -0.376 e. The van der Waals surface area contributed by atoms with Gasteiger partial charge in [-0.05, 0) is 30.9 Å². The van der Waals surface area contributed by atoms with Crippen molar-refractivity contribution in [1.29, 1.82) is 0 Å². The minimum absolute atomic E-state index is 0.120. The maximum atomic E-state index is 12.1. The van der Waals surface area contributed by atoms with Crippen LogP contribution in [0.1, 0.15) is 18.4 Å². The van der Waals surface area contributed by atoms with Gasteiger partial charge in [-0.15, -0.1) is 0 Å². The Labute approximate surface area is 126 Å². The summed E-state index contributed by atoms with van der Waals surface area (Å²) in [6, 6.07) is 10.4. The molecule has 21 heavy (non-hydrogen) atoms. The molecule has 2 heterocycles. The Hall–Kier alpha value is -1.39. The lowest BCUT2D eigenvalue weighted by molar-refractivity contribution is -0.130. The first-order valence-electron chi connectivity index (χ1n) is 7.85. The topological polar surface area (TPSA) is 32.8 Å². The van der Waals surface area contributed by atoms with Gasteiger partial charge in [0.1, 0.15) is 0 Å². The maximum absolute atomic E-state index is 12.1. The number of likely N-dealkylation sites (tertiary alicyclic amines) is 2. The molecule has 0 unspecified atom stereocenters. The van der Waals surface area contributed by atoms with Gasteiger partial charge < -0.3 is 9.64 Å². The number of carbonyl (C=O) groups is 1. The highest BCUT2D eigenvalue weighted by Crippen LogP contribution is 2.24. The second kappa shape index (κ2) is 6.58. The molecule has 0 saturated carbocycles. The van der Waals surface area contributed by atoms with Crippen molar-refractivity contribution in [3.8, 4) is 0 Å². The van der Waals surface area contributed by atoms with Crippen LogP contribution in [0.5, 0.6) is 0 Å². The average molecular weight is 288 g/mol. The molecule has 0 aromatic heterocycles. The monoisotopic (exact) mass is 288 g/mol. The van der Waals surface area contributed by atoms with Gasteiger partial charge >= 0.3 is 0 Å². The van der Waals surface area contributed by atoms with Crippen LogP contribution in [-0.2, 0) is 16.1 Å². The standard InChI is InChI=1S/C17H24N2O2/c1-18-9-8-16(17(18)20)19-10-7-15(11-19)13-21-12-14-5-3-2-4-6-14/h2-6,15-16H,7-13H2,1H3/t15-,16-/m1/s1. The van der Waals surface area contributed by atoms with Gasteiger partial charge in [0, 0.05) is 20.1 Å². The molecule has 0 bridgehead atoms. The highest BCUT2D eigenvalue weighted by molar-refractivity contribution is 5.83. The minimum atomic E-state index is 0.120. The first-order valence-corrected chi connectivity index (χ1v) is 7.85. The smallest absolute Gasteiger partial charge is 0.239 e. The number of rotatable bonds is 5. The molecule has 0 N–H and O–H groups in total. The molecule has 2 atom stereocenters. The zero-order chi connectivity index (χ0) is 14.7. The van der Waals surface area contributed by atoms with Gasteiger partial charge in [0.05, 0.1) is 19.3 Å². The van der Waals surface area contributed by atoms with Crippen LogP contribution in [0.4, 0.5) is 0 Å². The number of ether oxygens (including phenoxy) is 1. The number of nitrogens with zero attached hydrogens (tertiary/aromatic N) is 2. The van der Waals surface area contributed by atoms with Gasteiger partial charge in [0.15, 0.2) is 0 Å². The van der Waals surface area contributed by atoms with E-state index in [0.717, 1.165) is 39.1 Å². The Morgan fingerprint density at radius 1 is 1.19 bits per heavy atom. The molecule has 2 saturated heterocycles. The third-order valence-corrected chi connectivity index (χ3v) is 4.62. The van der Waals surface area contributed by atoms with Crippen molar-refractivity contribution in [3.05, 3.63) is 35.9 Å². The van der Waals surface area contributed by atoms with Crippen LogP contribution in [0.25, 0.3) is 0 Å². The molecule has 2 aliphatic heterocycles. The van der Waals surface area contributed by atoms with E-state index in [9.17, 15) is 4.79 Å². The fourth-order valence-corrected chi connectivity index (χ4v) is 3.34. The molecular weight excluding hydrogens is 264 g/mol. The number of carbonyl (C=O) groups excluding carboxylic acids is 1. The third-order valence-electron chi connectivity index (χ3n) is 4.62. The normalized spacial score (nSPS) is 26.7. The summed E-state index contributed by atoms with van der Waals surface area (Å²) in [5.41, 5.74) is 1.22. The molecule has 0 aliphatic carbocycles. The van der Waals surface area contributed by atoms with E-state index in [1.165, 1.54) is 5.56 Å². The lowest BCUT2D eigenvalue weighted by atomic mass is 10.1. The van der Waals surface area contributed by atoms with E-state index in [0.29, 0.717) is 18.4 Å². The van der Waals surface area contributed by atoms with Gasteiger partial charge in [-0.2, -0.15) is 0 Å².